The smallest absolute Gasteiger partial charge is 0.234 e. The molecule has 0 atom stereocenters. The van der Waals surface area contributed by atoms with Gasteiger partial charge in [-0.15, -0.1) is 10.2 Å². The van der Waals surface area contributed by atoms with Gasteiger partial charge in [0, 0.05) is 12.2 Å². The molecular weight excluding hydrogens is 339 g/mol. The number of anilines is 1. The van der Waals surface area contributed by atoms with Crippen LogP contribution in [0.25, 0.3) is 0 Å². The van der Waals surface area contributed by atoms with E-state index in [0.717, 1.165) is 25.8 Å². The number of halogens is 2. The molecule has 1 aromatic carbocycles. The van der Waals surface area contributed by atoms with Crippen LogP contribution in [0.15, 0.2) is 29.7 Å². The Morgan fingerprint density at radius 1 is 1.43 bits per heavy atom. The molecule has 8 heteroatoms. The first-order valence-corrected chi connectivity index (χ1v) is 8.72. The monoisotopic (exact) mass is 356 g/mol. The number of carbonyl (C=O) groups is 1. The van der Waals surface area contributed by atoms with Crippen LogP contribution in [-0.2, 0) is 11.3 Å². The Balaban J connectivity index is 1.84. The number of hydrogen-bond donors (Lipinski definition) is 1. The summed E-state index contributed by atoms with van der Waals surface area (Å²) in [5, 5.41) is 11.3. The topological polar surface area (TPSA) is 59.8 Å². The number of rotatable bonds is 8. The summed E-state index contributed by atoms with van der Waals surface area (Å²) >= 11 is 7.00. The number of hydrogen-bond acceptors (Lipinski definition) is 4. The minimum absolute atomic E-state index is 0.0221. The maximum atomic E-state index is 13.1. The van der Waals surface area contributed by atoms with Crippen molar-refractivity contribution in [2.24, 2.45) is 0 Å². The van der Waals surface area contributed by atoms with Gasteiger partial charge in [-0.1, -0.05) is 43.1 Å². The van der Waals surface area contributed by atoms with E-state index < -0.39 is 5.82 Å². The fraction of sp³-hybridized carbons (Fsp3) is 0.400. The van der Waals surface area contributed by atoms with Crippen molar-refractivity contribution in [3.63, 3.8) is 0 Å². The summed E-state index contributed by atoms with van der Waals surface area (Å²) in [5.41, 5.74) is 0.464. The number of aromatic nitrogens is 3. The standard InChI is InChI=1S/C15H18ClFN4OS/c1-2-3-4-7-21-10-18-20-15(21)23-9-14(22)19-11-5-6-13(17)12(16)8-11/h5-6,8,10H,2-4,7,9H2,1H3,(H,19,22). The number of carbonyl (C=O) groups excluding carboxylic acids is 1. The second-order valence-electron chi connectivity index (χ2n) is 4.98. The largest absolute Gasteiger partial charge is 0.325 e. The van der Waals surface area contributed by atoms with Gasteiger partial charge >= 0.3 is 0 Å². The number of benzene rings is 1. The minimum atomic E-state index is -0.515. The van der Waals surface area contributed by atoms with E-state index in [2.05, 4.69) is 22.4 Å². The molecule has 0 radical (unpaired) electrons. The first-order chi connectivity index (χ1) is 11.1. The van der Waals surface area contributed by atoms with E-state index in [1.165, 1.54) is 30.0 Å². The fourth-order valence-corrected chi connectivity index (χ4v) is 2.86. The molecule has 2 rings (SSSR count). The lowest BCUT2D eigenvalue weighted by molar-refractivity contribution is -0.113. The molecule has 0 fully saturated rings. The van der Waals surface area contributed by atoms with Crippen molar-refractivity contribution in [2.45, 2.75) is 37.9 Å². The van der Waals surface area contributed by atoms with Crippen molar-refractivity contribution < 1.29 is 9.18 Å². The van der Waals surface area contributed by atoms with Crippen LogP contribution in [0, 0.1) is 5.82 Å². The quantitative estimate of drug-likeness (QED) is 0.574. The Labute approximate surface area is 143 Å². The van der Waals surface area contributed by atoms with Crippen LogP contribution in [0.1, 0.15) is 26.2 Å². The van der Waals surface area contributed by atoms with Gasteiger partial charge in [-0.2, -0.15) is 0 Å². The molecule has 5 nitrogen and oxygen atoms in total. The highest BCUT2D eigenvalue weighted by atomic mass is 35.5. The first-order valence-electron chi connectivity index (χ1n) is 7.35. The van der Waals surface area contributed by atoms with E-state index >= 15 is 0 Å². The number of unbranched alkanes of at least 4 members (excludes halogenated alkanes) is 2. The van der Waals surface area contributed by atoms with Gasteiger partial charge in [-0.25, -0.2) is 4.39 Å². The summed E-state index contributed by atoms with van der Waals surface area (Å²) in [6, 6.07) is 4.07. The third-order valence-corrected chi connectivity index (χ3v) is 4.39. The predicted octanol–water partition coefficient (Wildman–Crippen LogP) is 3.99. The lowest BCUT2D eigenvalue weighted by Gasteiger charge is -2.07. The van der Waals surface area contributed by atoms with E-state index in [0.29, 0.717) is 10.8 Å². The molecule has 1 N–H and O–H groups in total. The van der Waals surface area contributed by atoms with Gasteiger partial charge in [0.05, 0.1) is 10.8 Å². The Hall–Kier alpha value is -1.60. The summed E-state index contributed by atoms with van der Waals surface area (Å²) in [6.45, 7) is 2.99. The summed E-state index contributed by atoms with van der Waals surface area (Å²) in [4.78, 5) is 11.9. The zero-order valence-electron chi connectivity index (χ0n) is 12.8. The third kappa shape index (κ3) is 5.51. The molecule has 0 aliphatic carbocycles. The minimum Gasteiger partial charge on any atom is -0.325 e. The van der Waals surface area contributed by atoms with Gasteiger partial charge in [-0.3, -0.25) is 4.79 Å². The summed E-state index contributed by atoms with van der Waals surface area (Å²) in [5.74, 6) is -0.526. The highest BCUT2D eigenvalue weighted by Gasteiger charge is 2.10. The van der Waals surface area contributed by atoms with Crippen LogP contribution in [0.5, 0.6) is 0 Å². The van der Waals surface area contributed by atoms with Crippen LogP contribution < -0.4 is 5.32 Å². The van der Waals surface area contributed by atoms with Crippen molar-refractivity contribution >= 4 is 35.0 Å². The van der Waals surface area contributed by atoms with Crippen LogP contribution in [0.3, 0.4) is 0 Å². The van der Waals surface area contributed by atoms with Gasteiger partial charge < -0.3 is 9.88 Å². The number of amides is 1. The number of nitrogens with one attached hydrogen (secondary N) is 1. The molecule has 0 spiro atoms. The maximum absolute atomic E-state index is 13.1. The molecule has 124 valence electrons. The SMILES string of the molecule is CCCCCn1cnnc1SCC(=O)Nc1ccc(F)c(Cl)c1. The van der Waals surface area contributed by atoms with Crippen LogP contribution >= 0.6 is 23.4 Å². The Morgan fingerprint density at radius 3 is 3.00 bits per heavy atom. The van der Waals surface area contributed by atoms with Crippen molar-refractivity contribution in [3.8, 4) is 0 Å². The summed E-state index contributed by atoms with van der Waals surface area (Å²) in [6.07, 6.45) is 5.03. The Bertz CT molecular complexity index is 665. The van der Waals surface area contributed by atoms with Crippen molar-refractivity contribution in [1.29, 1.82) is 0 Å². The van der Waals surface area contributed by atoms with E-state index in [9.17, 15) is 9.18 Å². The molecule has 0 unspecified atom stereocenters. The molecule has 0 bridgehead atoms. The van der Waals surface area contributed by atoms with E-state index in [1.54, 1.807) is 6.33 Å². The Kier molecular flexibility index (Phi) is 6.85. The molecule has 1 amide bonds. The molecule has 0 aliphatic rings. The third-order valence-electron chi connectivity index (χ3n) is 3.12. The zero-order valence-corrected chi connectivity index (χ0v) is 14.3. The van der Waals surface area contributed by atoms with E-state index in [-0.39, 0.29) is 16.7 Å². The Morgan fingerprint density at radius 2 is 2.26 bits per heavy atom. The van der Waals surface area contributed by atoms with Crippen LogP contribution in [-0.4, -0.2) is 26.4 Å². The van der Waals surface area contributed by atoms with E-state index in [1.807, 2.05) is 4.57 Å². The molecule has 1 heterocycles. The number of thioether (sulfide) groups is 1. The van der Waals surface area contributed by atoms with Gasteiger partial charge in [0.25, 0.3) is 0 Å². The van der Waals surface area contributed by atoms with Gasteiger partial charge in [0.15, 0.2) is 5.16 Å². The highest BCUT2D eigenvalue weighted by Crippen LogP contribution is 2.20. The molecule has 0 saturated carbocycles. The number of aryl methyl sites for hydroxylation is 1. The fourth-order valence-electron chi connectivity index (χ4n) is 1.94. The van der Waals surface area contributed by atoms with Crippen LogP contribution in [0.4, 0.5) is 10.1 Å². The molecular formula is C15H18ClFN4OS. The first kappa shape index (κ1) is 17.7. The van der Waals surface area contributed by atoms with Crippen molar-refractivity contribution in [3.05, 3.63) is 35.4 Å². The van der Waals surface area contributed by atoms with Crippen LogP contribution in [0.2, 0.25) is 5.02 Å². The maximum Gasteiger partial charge on any atom is 0.234 e. The predicted molar refractivity (Wildman–Crippen MR) is 90.3 cm³/mol. The normalized spacial score (nSPS) is 10.7. The summed E-state index contributed by atoms with van der Waals surface area (Å²) < 4.78 is 15.0. The highest BCUT2D eigenvalue weighted by molar-refractivity contribution is 7.99. The van der Waals surface area contributed by atoms with Crippen molar-refractivity contribution in [1.82, 2.24) is 14.8 Å². The van der Waals surface area contributed by atoms with Gasteiger partial charge in [0.1, 0.15) is 12.1 Å². The molecule has 23 heavy (non-hydrogen) atoms. The molecule has 2 aromatic rings. The average molecular weight is 357 g/mol. The second kappa shape index (κ2) is 8.88. The number of nitrogens with zero attached hydrogens (tertiary/aromatic N) is 3. The van der Waals surface area contributed by atoms with Gasteiger partial charge in [0.2, 0.25) is 5.91 Å². The zero-order chi connectivity index (χ0) is 16.7. The molecule has 0 aliphatic heterocycles. The molecule has 1 aromatic heterocycles. The second-order valence-corrected chi connectivity index (χ2v) is 6.33. The molecule has 0 saturated heterocycles. The lowest BCUT2D eigenvalue weighted by Crippen LogP contribution is -2.14. The average Bonchev–Trinajstić information content (AvgIpc) is 2.97. The van der Waals surface area contributed by atoms with Crippen molar-refractivity contribution in [2.75, 3.05) is 11.1 Å². The van der Waals surface area contributed by atoms with E-state index in [4.69, 9.17) is 11.6 Å². The van der Waals surface area contributed by atoms with Gasteiger partial charge in [-0.05, 0) is 24.6 Å². The summed E-state index contributed by atoms with van der Waals surface area (Å²) in [7, 11) is 0. The lowest BCUT2D eigenvalue weighted by atomic mass is 10.2.